The number of benzene rings is 1. The van der Waals surface area contributed by atoms with E-state index in [9.17, 15) is 29.1 Å². The molecule has 0 saturated carbocycles. The molecule has 1 unspecified atom stereocenters. The Bertz CT molecular complexity index is 1320. The molecule has 17 heteroatoms. The Morgan fingerprint density at radius 3 is 2.59 bits per heavy atom. The van der Waals surface area contributed by atoms with Gasteiger partial charge in [-0.2, -0.15) is 0 Å². The van der Waals surface area contributed by atoms with Crippen molar-refractivity contribution in [3.63, 3.8) is 0 Å². The van der Waals surface area contributed by atoms with Crippen LogP contribution < -0.4 is 10.6 Å². The van der Waals surface area contributed by atoms with Gasteiger partial charge in [0.2, 0.25) is 17.0 Å². The van der Waals surface area contributed by atoms with Gasteiger partial charge < -0.3 is 25.6 Å². The summed E-state index contributed by atoms with van der Waals surface area (Å²) in [4.78, 5) is 62.5. The maximum Gasteiger partial charge on any atom is 0.352 e. The van der Waals surface area contributed by atoms with Crippen molar-refractivity contribution < 1.29 is 38.9 Å². The number of hydrogen-bond donors (Lipinski definition) is 4. The number of ether oxygens (including phenoxy) is 1. The lowest BCUT2D eigenvalue weighted by Gasteiger charge is -2.49. The summed E-state index contributed by atoms with van der Waals surface area (Å²) >= 11 is 2.54. The van der Waals surface area contributed by atoms with E-state index in [2.05, 4.69) is 26.2 Å². The van der Waals surface area contributed by atoms with Gasteiger partial charge in [0.25, 0.3) is 5.91 Å². The number of carbonyl (C=O) groups excluding carboxylic acids is 3. The Labute approximate surface area is 229 Å². The third-order valence-electron chi connectivity index (χ3n) is 5.66. The molecule has 3 heterocycles. The van der Waals surface area contributed by atoms with E-state index in [1.54, 1.807) is 37.4 Å². The van der Waals surface area contributed by atoms with Crippen LogP contribution in [0.4, 0.5) is 0 Å². The molecule has 0 aliphatic carbocycles. The van der Waals surface area contributed by atoms with Crippen molar-refractivity contribution in [1.82, 2.24) is 35.7 Å². The van der Waals surface area contributed by atoms with E-state index in [1.807, 2.05) is 0 Å². The van der Waals surface area contributed by atoms with Crippen LogP contribution in [0.15, 0.2) is 46.8 Å². The van der Waals surface area contributed by atoms with Crippen LogP contribution in [0, 0.1) is 0 Å². The fourth-order valence-electron chi connectivity index (χ4n) is 3.91. The van der Waals surface area contributed by atoms with E-state index < -0.39 is 60.3 Å². The van der Waals surface area contributed by atoms with E-state index >= 15 is 0 Å². The minimum Gasteiger partial charge on any atom is -0.480 e. The SMILES string of the molecule is Cn1nnnc1SCC1=C(C(=O)O)N2C(=O)[C@@H](NC(=O)C(NC(=O)COCC(=O)O)c3ccccc3)[C@H]2SC1. The summed E-state index contributed by atoms with van der Waals surface area (Å²) in [6.45, 7) is -1.27. The topological polar surface area (TPSA) is 206 Å². The Kier molecular flexibility index (Phi) is 8.82. The second-order valence-corrected chi connectivity index (χ2v) is 10.4. The van der Waals surface area contributed by atoms with E-state index in [0.29, 0.717) is 22.0 Å². The molecule has 206 valence electrons. The number of carboxylic acids is 2. The molecule has 1 aromatic carbocycles. The summed E-state index contributed by atoms with van der Waals surface area (Å²) < 4.78 is 6.24. The number of thioether (sulfide) groups is 2. The van der Waals surface area contributed by atoms with Crippen molar-refractivity contribution in [1.29, 1.82) is 0 Å². The number of hydrogen-bond acceptors (Lipinski definition) is 11. The lowest BCUT2D eigenvalue weighted by molar-refractivity contribution is -0.151. The van der Waals surface area contributed by atoms with Crippen LogP contribution >= 0.6 is 23.5 Å². The molecule has 1 fully saturated rings. The molecule has 15 nitrogen and oxygen atoms in total. The number of carbonyl (C=O) groups is 5. The number of fused-ring (bicyclic) bond motifs is 1. The van der Waals surface area contributed by atoms with Crippen molar-refractivity contribution in [2.24, 2.45) is 7.05 Å². The maximum atomic E-state index is 13.2. The molecule has 2 aromatic rings. The van der Waals surface area contributed by atoms with E-state index in [4.69, 9.17) is 9.84 Å². The number of carboxylic acid groups (broad SMARTS) is 2. The number of aryl methyl sites for hydroxylation is 1. The van der Waals surface area contributed by atoms with Crippen molar-refractivity contribution in [2.75, 3.05) is 24.7 Å². The van der Waals surface area contributed by atoms with Gasteiger partial charge in [-0.25, -0.2) is 14.3 Å². The highest BCUT2D eigenvalue weighted by atomic mass is 32.2. The van der Waals surface area contributed by atoms with Crippen molar-refractivity contribution in [3.05, 3.63) is 47.2 Å². The average molecular weight is 578 g/mol. The van der Waals surface area contributed by atoms with Crippen LogP contribution in [0.1, 0.15) is 11.6 Å². The molecular weight excluding hydrogens is 554 g/mol. The molecular formula is C22H23N7O8S2. The number of rotatable bonds is 12. The monoisotopic (exact) mass is 577 g/mol. The molecule has 0 bridgehead atoms. The number of β-lactam (4-membered cyclic amide) rings is 1. The normalized spacial score (nSPS) is 19.1. The van der Waals surface area contributed by atoms with E-state index in [-0.39, 0.29) is 11.4 Å². The molecule has 4 N–H and O–H groups in total. The Morgan fingerprint density at radius 1 is 1.21 bits per heavy atom. The van der Waals surface area contributed by atoms with Gasteiger partial charge in [0, 0.05) is 18.6 Å². The van der Waals surface area contributed by atoms with Crippen LogP contribution in [0.5, 0.6) is 0 Å². The lowest BCUT2D eigenvalue weighted by atomic mass is 10.0. The zero-order valence-electron chi connectivity index (χ0n) is 20.3. The standard InChI is InChI=1S/C22H23N7O8S2/c1-28-22(25-26-27-28)39-10-12-9-38-20-16(19(34)29(20)17(12)21(35)36)24-18(33)15(11-5-3-2-4-6-11)23-13(30)7-37-8-14(31)32/h2-6,15-16,20H,7-10H2,1H3,(H,23,30)(H,24,33)(H,31,32)(H,35,36)/t15?,16-,20-/m1/s1. The lowest BCUT2D eigenvalue weighted by Crippen LogP contribution is -2.71. The first kappa shape index (κ1) is 28.1. The molecule has 0 spiro atoms. The largest absolute Gasteiger partial charge is 0.480 e. The highest BCUT2D eigenvalue weighted by Crippen LogP contribution is 2.41. The van der Waals surface area contributed by atoms with Crippen LogP contribution in [-0.2, 0) is 35.8 Å². The Morgan fingerprint density at radius 2 is 1.95 bits per heavy atom. The van der Waals surface area contributed by atoms with Crippen molar-refractivity contribution in [3.8, 4) is 0 Å². The average Bonchev–Trinajstić information content (AvgIpc) is 3.32. The second kappa shape index (κ2) is 12.3. The van der Waals surface area contributed by atoms with Crippen molar-refractivity contribution >= 4 is 53.2 Å². The molecule has 1 saturated heterocycles. The first-order chi connectivity index (χ1) is 18.7. The highest BCUT2D eigenvalue weighted by molar-refractivity contribution is 8.01. The minimum atomic E-state index is -1.26. The van der Waals surface area contributed by atoms with Gasteiger partial charge in [0.15, 0.2) is 0 Å². The number of amides is 3. The maximum absolute atomic E-state index is 13.2. The Hall–Kier alpha value is -3.96. The first-order valence-corrected chi connectivity index (χ1v) is 13.4. The number of nitrogens with one attached hydrogen (secondary N) is 2. The van der Waals surface area contributed by atoms with Gasteiger partial charge >= 0.3 is 11.9 Å². The first-order valence-electron chi connectivity index (χ1n) is 11.4. The molecule has 2 aliphatic heterocycles. The minimum absolute atomic E-state index is 0.139. The fraction of sp³-hybridized carbons (Fsp3) is 0.364. The van der Waals surface area contributed by atoms with Gasteiger partial charge in [-0.15, -0.1) is 16.9 Å². The summed E-state index contributed by atoms with van der Waals surface area (Å²) in [5.41, 5.74) is 0.802. The van der Waals surface area contributed by atoms with Crippen LogP contribution in [-0.4, -0.2) is 101 Å². The summed E-state index contributed by atoms with van der Waals surface area (Å²) in [6, 6.07) is 6.04. The molecule has 4 rings (SSSR count). The molecule has 1 aromatic heterocycles. The van der Waals surface area contributed by atoms with Crippen molar-refractivity contribution in [2.45, 2.75) is 22.6 Å². The summed E-state index contributed by atoms with van der Waals surface area (Å²) in [6.07, 6.45) is 0. The Balaban J connectivity index is 1.45. The smallest absolute Gasteiger partial charge is 0.352 e. The predicted octanol–water partition coefficient (Wildman–Crippen LogP) is -1.00. The number of aliphatic carboxylic acids is 2. The summed E-state index contributed by atoms with van der Waals surface area (Å²) in [5.74, 6) is -3.97. The van der Waals surface area contributed by atoms with Crippen LogP contribution in [0.2, 0.25) is 0 Å². The number of tetrazole rings is 1. The second-order valence-electron chi connectivity index (χ2n) is 8.32. The van der Waals surface area contributed by atoms with Gasteiger partial charge in [-0.05, 0) is 21.6 Å². The van der Waals surface area contributed by atoms with Gasteiger partial charge in [-0.3, -0.25) is 19.3 Å². The summed E-state index contributed by atoms with van der Waals surface area (Å²) in [5, 5.41) is 34.6. The highest BCUT2D eigenvalue weighted by Gasteiger charge is 2.54. The molecule has 39 heavy (non-hydrogen) atoms. The molecule has 2 aliphatic rings. The predicted molar refractivity (Wildman–Crippen MR) is 135 cm³/mol. The zero-order valence-corrected chi connectivity index (χ0v) is 22.0. The van der Waals surface area contributed by atoms with Crippen LogP contribution in [0.3, 0.4) is 0 Å². The van der Waals surface area contributed by atoms with E-state index in [0.717, 1.165) is 4.90 Å². The molecule has 0 radical (unpaired) electrons. The van der Waals surface area contributed by atoms with Gasteiger partial charge in [-0.1, -0.05) is 42.1 Å². The summed E-state index contributed by atoms with van der Waals surface area (Å²) in [7, 11) is 1.65. The van der Waals surface area contributed by atoms with E-state index in [1.165, 1.54) is 28.2 Å². The van der Waals surface area contributed by atoms with Crippen LogP contribution in [0.25, 0.3) is 0 Å². The third kappa shape index (κ3) is 6.37. The third-order valence-corrected chi connectivity index (χ3v) is 8.10. The quantitative estimate of drug-likeness (QED) is 0.177. The van der Waals surface area contributed by atoms with Gasteiger partial charge in [0.1, 0.15) is 36.4 Å². The zero-order chi connectivity index (χ0) is 28.1. The van der Waals surface area contributed by atoms with Gasteiger partial charge in [0.05, 0.1) is 0 Å². The molecule has 3 atom stereocenters. The number of aromatic nitrogens is 4. The fourth-order valence-corrected chi connectivity index (χ4v) is 6.24. The molecule has 3 amide bonds. The number of nitrogens with zero attached hydrogens (tertiary/aromatic N) is 5.